The monoisotopic (exact) mass is 766 g/mol. The van der Waals surface area contributed by atoms with Crippen molar-refractivity contribution >= 4 is 12.2 Å². The van der Waals surface area contributed by atoms with Crippen molar-refractivity contribution < 1.29 is 0 Å². The molecule has 282 valence electrons. The molecule has 3 heterocycles. The van der Waals surface area contributed by atoms with Gasteiger partial charge < -0.3 is 0 Å². The molecule has 4 heteroatoms. The van der Waals surface area contributed by atoms with Gasteiger partial charge in [0.25, 0.3) is 0 Å². The second kappa shape index (κ2) is 13.0. The van der Waals surface area contributed by atoms with Gasteiger partial charge in [-0.2, -0.15) is 0 Å². The summed E-state index contributed by atoms with van der Waals surface area (Å²) >= 11 is 0. The molecule has 0 bridgehead atoms. The molecule has 6 aromatic carbocycles. The fourth-order valence-corrected chi connectivity index (χ4v) is 10.2. The van der Waals surface area contributed by atoms with Gasteiger partial charge in [-0.3, -0.25) is 9.97 Å². The summed E-state index contributed by atoms with van der Waals surface area (Å²) in [4.78, 5) is 19.8. The second-order valence-electron chi connectivity index (χ2n) is 16.6. The Kier molecular flexibility index (Phi) is 7.45. The lowest BCUT2D eigenvalue weighted by Crippen LogP contribution is -2.30. The zero-order valence-corrected chi connectivity index (χ0v) is 33.3. The molecule has 4 nitrogen and oxygen atoms in total. The molecule has 1 spiro atoms. The van der Waals surface area contributed by atoms with Crippen molar-refractivity contribution in [1.82, 2.24) is 19.9 Å². The van der Waals surface area contributed by atoms with Crippen LogP contribution in [0.15, 0.2) is 182 Å². The van der Waals surface area contributed by atoms with Crippen molar-refractivity contribution in [2.45, 2.75) is 24.7 Å². The van der Waals surface area contributed by atoms with E-state index in [-0.39, 0.29) is 5.41 Å². The van der Waals surface area contributed by atoms with Crippen molar-refractivity contribution in [3.63, 3.8) is 0 Å². The van der Waals surface area contributed by atoms with Crippen LogP contribution in [-0.2, 0) is 10.8 Å². The van der Waals surface area contributed by atoms with Crippen LogP contribution in [0, 0.1) is 0 Å². The molecule has 0 N–H and O–H groups in total. The molecule has 1 atom stereocenters. The van der Waals surface area contributed by atoms with Crippen LogP contribution >= 0.6 is 0 Å². The molecule has 60 heavy (non-hydrogen) atoms. The minimum atomic E-state index is -0.611. The maximum Gasteiger partial charge on any atom is 0.160 e. The highest BCUT2D eigenvalue weighted by Crippen LogP contribution is 2.61. The van der Waals surface area contributed by atoms with Gasteiger partial charge >= 0.3 is 0 Å². The maximum atomic E-state index is 5.33. The Labute approximate surface area is 349 Å². The third-order valence-electron chi connectivity index (χ3n) is 13.1. The Balaban J connectivity index is 1.11. The van der Waals surface area contributed by atoms with Gasteiger partial charge in [0, 0.05) is 46.3 Å². The van der Waals surface area contributed by atoms with Crippen LogP contribution in [0.1, 0.15) is 58.4 Å². The van der Waals surface area contributed by atoms with E-state index < -0.39 is 5.41 Å². The number of benzene rings is 6. The van der Waals surface area contributed by atoms with E-state index in [1.165, 1.54) is 66.8 Å². The zero-order chi connectivity index (χ0) is 40.0. The lowest BCUT2D eigenvalue weighted by Gasteiger charge is -2.36. The molecule has 0 amide bonds. The maximum absolute atomic E-state index is 5.33. The van der Waals surface area contributed by atoms with E-state index in [2.05, 4.69) is 171 Å². The van der Waals surface area contributed by atoms with Gasteiger partial charge in [-0.25, -0.2) is 9.97 Å². The number of pyridine rings is 2. The predicted octanol–water partition coefficient (Wildman–Crippen LogP) is 13.1. The topological polar surface area (TPSA) is 51.6 Å². The smallest absolute Gasteiger partial charge is 0.160 e. The van der Waals surface area contributed by atoms with Crippen LogP contribution in [0.3, 0.4) is 0 Å². The fourth-order valence-electron chi connectivity index (χ4n) is 10.2. The number of hydrogen-bond acceptors (Lipinski definition) is 4. The highest BCUT2D eigenvalue weighted by Gasteiger charge is 2.50. The molecular weight excluding hydrogens is 729 g/mol. The highest BCUT2D eigenvalue weighted by atomic mass is 14.9. The second-order valence-corrected chi connectivity index (χ2v) is 16.6. The Morgan fingerprint density at radius 1 is 0.383 bits per heavy atom. The van der Waals surface area contributed by atoms with Crippen LogP contribution in [-0.4, -0.2) is 19.9 Å². The zero-order valence-electron chi connectivity index (χ0n) is 33.3. The normalized spacial score (nSPS) is 16.0. The molecule has 9 aromatic rings. The van der Waals surface area contributed by atoms with Crippen LogP contribution in [0.4, 0.5) is 0 Å². The Morgan fingerprint density at radius 2 is 1.00 bits per heavy atom. The minimum Gasteiger partial charge on any atom is -0.264 e. The summed E-state index contributed by atoms with van der Waals surface area (Å²) in [5, 5.41) is 0. The molecule has 0 fully saturated rings. The summed E-state index contributed by atoms with van der Waals surface area (Å²) < 4.78 is 0. The minimum absolute atomic E-state index is 0.118. The van der Waals surface area contributed by atoms with Gasteiger partial charge in [0.15, 0.2) is 5.82 Å². The van der Waals surface area contributed by atoms with Gasteiger partial charge in [-0.15, -0.1) is 0 Å². The predicted molar refractivity (Wildman–Crippen MR) is 243 cm³/mol. The van der Waals surface area contributed by atoms with Crippen molar-refractivity contribution in [3.8, 4) is 67.4 Å². The molecular formula is C56H38N4. The van der Waals surface area contributed by atoms with Crippen molar-refractivity contribution in [1.29, 1.82) is 0 Å². The summed E-state index contributed by atoms with van der Waals surface area (Å²) in [6.45, 7) is 4.74. The van der Waals surface area contributed by atoms with Crippen molar-refractivity contribution in [3.05, 3.63) is 227 Å². The molecule has 12 rings (SSSR count). The van der Waals surface area contributed by atoms with E-state index in [0.29, 0.717) is 5.82 Å². The third-order valence-corrected chi connectivity index (χ3v) is 13.1. The first-order chi connectivity index (χ1) is 29.5. The number of nitrogens with zero attached hydrogens (tertiary/aromatic N) is 4. The molecule has 0 aliphatic heterocycles. The summed E-state index contributed by atoms with van der Waals surface area (Å²) in [6, 6.07) is 59.4. The molecule has 0 radical (unpaired) electrons. The summed E-state index contributed by atoms with van der Waals surface area (Å²) in [5.41, 5.74) is 21.1. The Bertz CT molecular complexity index is 3220. The standard InChI is InChI=1S/C56H38N4/c1-55(2)46-20-10-7-17-41(46)43-31-50-44(30-49(43)55)42-18-8-11-21-47(42)56(50)45-19-9-6-13-35(45)22-23-36-24-25-38(29-48(36)56)54-59-52(37-14-4-3-5-15-37)32-53(60-54)40-26-27-51(58-34-40)39-16-12-28-57-33-39/h3-34H,1-2H3. The van der Waals surface area contributed by atoms with Crippen LogP contribution in [0.5, 0.6) is 0 Å². The van der Waals surface area contributed by atoms with E-state index >= 15 is 0 Å². The number of fused-ring (bicyclic) bond motifs is 12. The summed E-state index contributed by atoms with van der Waals surface area (Å²) in [7, 11) is 0. The van der Waals surface area contributed by atoms with E-state index in [9.17, 15) is 0 Å². The molecule has 1 unspecified atom stereocenters. The molecule has 3 aliphatic carbocycles. The summed E-state index contributed by atoms with van der Waals surface area (Å²) in [6.07, 6.45) is 10.1. The van der Waals surface area contributed by atoms with Crippen LogP contribution in [0.25, 0.3) is 79.6 Å². The lowest BCUT2D eigenvalue weighted by molar-refractivity contribution is 0.660. The highest BCUT2D eigenvalue weighted by molar-refractivity contribution is 5.95. The average molecular weight is 767 g/mol. The van der Waals surface area contributed by atoms with Gasteiger partial charge in [0.05, 0.1) is 22.5 Å². The molecule has 3 aliphatic rings. The SMILES string of the molecule is CC1(C)c2ccccc2-c2cc3c(cc21)-c1ccccc1C31c2ccccc2C=Cc2ccc(-c3nc(-c4ccccc4)cc(-c4ccc(-c5cccnc5)nc4)n3)cc21. The Morgan fingerprint density at radius 3 is 1.77 bits per heavy atom. The molecule has 3 aromatic heterocycles. The molecule has 0 saturated heterocycles. The average Bonchev–Trinajstić information content (AvgIpc) is 3.66. The first-order valence-corrected chi connectivity index (χ1v) is 20.6. The quantitative estimate of drug-likeness (QED) is 0.179. The summed E-state index contributed by atoms with van der Waals surface area (Å²) in [5.74, 6) is 0.665. The van der Waals surface area contributed by atoms with E-state index in [0.717, 1.165) is 39.3 Å². The molecule has 0 saturated carbocycles. The van der Waals surface area contributed by atoms with Crippen LogP contribution < -0.4 is 0 Å². The van der Waals surface area contributed by atoms with Crippen molar-refractivity contribution in [2.75, 3.05) is 0 Å². The van der Waals surface area contributed by atoms with Gasteiger partial charge in [0.2, 0.25) is 0 Å². The first-order valence-electron chi connectivity index (χ1n) is 20.6. The lowest BCUT2D eigenvalue weighted by atomic mass is 9.65. The largest absolute Gasteiger partial charge is 0.264 e. The van der Waals surface area contributed by atoms with E-state index in [4.69, 9.17) is 15.0 Å². The van der Waals surface area contributed by atoms with E-state index in [1.807, 2.05) is 36.7 Å². The third kappa shape index (κ3) is 4.97. The van der Waals surface area contributed by atoms with Crippen molar-refractivity contribution in [2.24, 2.45) is 0 Å². The van der Waals surface area contributed by atoms with Gasteiger partial charge in [0.1, 0.15) is 0 Å². The fraction of sp³-hybridized carbons (Fsp3) is 0.0714. The number of aromatic nitrogens is 4. The number of rotatable bonds is 4. The van der Waals surface area contributed by atoms with Gasteiger partial charge in [-0.05, 0) is 115 Å². The number of hydrogen-bond donors (Lipinski definition) is 0. The van der Waals surface area contributed by atoms with Gasteiger partial charge in [-0.1, -0.05) is 141 Å². The first kappa shape index (κ1) is 34.5. The Hall–Kier alpha value is -7.56. The van der Waals surface area contributed by atoms with E-state index in [1.54, 1.807) is 6.20 Å². The van der Waals surface area contributed by atoms with Crippen LogP contribution in [0.2, 0.25) is 0 Å².